The Morgan fingerprint density at radius 3 is 2.50 bits per heavy atom. The third kappa shape index (κ3) is 3.94. The molecule has 1 aliphatic rings. The van der Waals surface area contributed by atoms with Crippen LogP contribution in [-0.4, -0.2) is 37.5 Å². The Balaban J connectivity index is 1.81. The highest BCUT2D eigenvalue weighted by Crippen LogP contribution is 2.32. The Morgan fingerprint density at radius 2 is 1.85 bits per heavy atom. The third-order valence-corrected chi connectivity index (χ3v) is 5.72. The van der Waals surface area contributed by atoms with Gasteiger partial charge >= 0.3 is 0 Å². The Kier molecular flexibility index (Phi) is 5.11. The van der Waals surface area contributed by atoms with Gasteiger partial charge in [-0.15, -0.1) is 0 Å². The van der Waals surface area contributed by atoms with E-state index in [4.69, 9.17) is 0 Å². The second kappa shape index (κ2) is 7.17. The van der Waals surface area contributed by atoms with Gasteiger partial charge in [0.25, 0.3) is 0 Å². The number of fused-ring (bicyclic) bond motifs is 1. The number of halogens is 1. The minimum atomic E-state index is -3.60. The topological polar surface area (TPSA) is 57.7 Å². The van der Waals surface area contributed by atoms with Crippen LogP contribution in [0.4, 0.5) is 10.1 Å². The smallest absolute Gasteiger partial charge is 0.242 e. The highest BCUT2D eigenvalue weighted by molar-refractivity contribution is 7.88. The van der Waals surface area contributed by atoms with Crippen molar-refractivity contribution in [3.8, 4) is 0 Å². The number of nitrogens with zero attached hydrogens (tertiary/aromatic N) is 2. The first-order chi connectivity index (χ1) is 12.3. The molecule has 0 aliphatic carbocycles. The van der Waals surface area contributed by atoms with E-state index in [2.05, 4.69) is 0 Å². The highest BCUT2D eigenvalue weighted by atomic mass is 32.2. The molecule has 2 aromatic carbocycles. The first kappa shape index (κ1) is 18.5. The predicted molar refractivity (Wildman–Crippen MR) is 98.7 cm³/mol. The van der Waals surface area contributed by atoms with E-state index in [9.17, 15) is 17.6 Å². The number of amides is 1. The molecule has 1 amide bonds. The number of benzene rings is 2. The van der Waals surface area contributed by atoms with Crippen LogP contribution in [0.2, 0.25) is 0 Å². The summed E-state index contributed by atoms with van der Waals surface area (Å²) in [7, 11) is -3.60. The number of para-hydroxylation sites is 1. The summed E-state index contributed by atoms with van der Waals surface area (Å²) in [4.78, 5) is 14.5. The van der Waals surface area contributed by atoms with Gasteiger partial charge in [-0.25, -0.2) is 12.8 Å². The molecule has 0 N–H and O–H groups in total. The third-order valence-electron chi connectivity index (χ3n) is 4.53. The zero-order chi connectivity index (χ0) is 18.9. The fourth-order valence-corrected chi connectivity index (χ4v) is 3.99. The van der Waals surface area contributed by atoms with E-state index in [1.165, 1.54) is 24.3 Å². The molecular formula is C19H21FN2O3S. The maximum absolute atomic E-state index is 13.1. The zero-order valence-corrected chi connectivity index (χ0v) is 15.5. The molecule has 0 aromatic heterocycles. The van der Waals surface area contributed by atoms with Gasteiger partial charge in [0.1, 0.15) is 5.82 Å². The molecule has 0 spiro atoms. The van der Waals surface area contributed by atoms with Gasteiger partial charge in [0.2, 0.25) is 15.9 Å². The molecule has 0 saturated carbocycles. The van der Waals surface area contributed by atoms with Gasteiger partial charge in [0.15, 0.2) is 0 Å². The Morgan fingerprint density at radius 1 is 1.19 bits per heavy atom. The number of hydrogen-bond acceptors (Lipinski definition) is 3. The molecule has 3 rings (SSSR count). The molecule has 1 aliphatic heterocycles. The zero-order valence-electron chi connectivity index (χ0n) is 14.7. The van der Waals surface area contributed by atoms with Crippen molar-refractivity contribution in [3.05, 3.63) is 65.5 Å². The van der Waals surface area contributed by atoms with Gasteiger partial charge in [0.05, 0.1) is 12.8 Å². The molecule has 5 nitrogen and oxygen atoms in total. The lowest BCUT2D eigenvalue weighted by molar-refractivity contribution is -0.119. The summed E-state index contributed by atoms with van der Waals surface area (Å²) in [5.41, 5.74) is 2.54. The molecule has 0 fully saturated rings. The van der Waals surface area contributed by atoms with Gasteiger partial charge in [-0.05, 0) is 42.7 Å². The highest BCUT2D eigenvalue weighted by Gasteiger charge is 2.32. The van der Waals surface area contributed by atoms with Crippen LogP contribution in [0.15, 0.2) is 48.5 Å². The summed E-state index contributed by atoms with van der Waals surface area (Å²) < 4.78 is 38.5. The number of carbonyl (C=O) groups is 1. The van der Waals surface area contributed by atoms with Crippen LogP contribution in [-0.2, 0) is 27.8 Å². The molecule has 26 heavy (non-hydrogen) atoms. The summed E-state index contributed by atoms with van der Waals surface area (Å²) in [6, 6.07) is 13.2. The lowest BCUT2D eigenvalue weighted by Crippen LogP contribution is -2.44. The van der Waals surface area contributed by atoms with E-state index in [1.807, 2.05) is 31.2 Å². The van der Waals surface area contributed by atoms with Gasteiger partial charge in [-0.3, -0.25) is 4.79 Å². The number of sulfonamides is 1. The van der Waals surface area contributed by atoms with Crippen molar-refractivity contribution in [2.24, 2.45) is 0 Å². The van der Waals surface area contributed by atoms with Crippen molar-refractivity contribution < 1.29 is 17.6 Å². The average molecular weight is 376 g/mol. The van der Waals surface area contributed by atoms with E-state index in [1.54, 1.807) is 4.90 Å². The molecule has 1 atom stereocenters. The maximum Gasteiger partial charge on any atom is 0.242 e. The number of rotatable bonds is 5. The van der Waals surface area contributed by atoms with Gasteiger partial charge in [0, 0.05) is 18.3 Å². The normalized spacial score (nSPS) is 16.8. The molecule has 1 unspecified atom stereocenters. The van der Waals surface area contributed by atoms with Crippen molar-refractivity contribution in [2.45, 2.75) is 25.9 Å². The predicted octanol–water partition coefficient (Wildman–Crippen LogP) is 2.57. The van der Waals surface area contributed by atoms with Crippen LogP contribution >= 0.6 is 0 Å². The second-order valence-corrected chi connectivity index (χ2v) is 8.59. The van der Waals surface area contributed by atoms with Crippen LogP contribution < -0.4 is 4.90 Å². The first-order valence-corrected chi connectivity index (χ1v) is 10.2. The molecule has 1 heterocycles. The molecular weight excluding hydrogens is 355 g/mol. The molecule has 0 saturated heterocycles. The van der Waals surface area contributed by atoms with Gasteiger partial charge in [-0.1, -0.05) is 30.3 Å². The summed E-state index contributed by atoms with van der Waals surface area (Å²) in [6.45, 7) is 1.71. The number of carbonyl (C=O) groups excluding carboxylic acids is 1. The minimum absolute atomic E-state index is 0.0212. The summed E-state index contributed by atoms with van der Waals surface area (Å²) in [5.74, 6) is -0.659. The van der Waals surface area contributed by atoms with Crippen molar-refractivity contribution in [1.29, 1.82) is 0 Å². The first-order valence-electron chi connectivity index (χ1n) is 8.35. The molecule has 138 valence electrons. The van der Waals surface area contributed by atoms with E-state index < -0.39 is 15.8 Å². The Hall–Kier alpha value is -2.25. The van der Waals surface area contributed by atoms with E-state index >= 15 is 0 Å². The van der Waals surface area contributed by atoms with Gasteiger partial charge < -0.3 is 4.90 Å². The second-order valence-electron chi connectivity index (χ2n) is 6.60. The van der Waals surface area contributed by atoms with Crippen LogP contribution in [0.5, 0.6) is 0 Å². The number of hydrogen-bond donors (Lipinski definition) is 0. The van der Waals surface area contributed by atoms with Crippen molar-refractivity contribution in [1.82, 2.24) is 4.31 Å². The Bertz CT molecular complexity index is 913. The van der Waals surface area contributed by atoms with Crippen LogP contribution in [0, 0.1) is 5.82 Å². The van der Waals surface area contributed by atoms with E-state index in [0.29, 0.717) is 5.56 Å². The largest absolute Gasteiger partial charge is 0.308 e. The summed E-state index contributed by atoms with van der Waals surface area (Å²) in [5, 5.41) is 0. The molecule has 7 heteroatoms. The Labute approximate surface area is 153 Å². The monoisotopic (exact) mass is 376 g/mol. The lowest BCUT2D eigenvalue weighted by atomic mass is 10.1. The summed E-state index contributed by atoms with van der Waals surface area (Å²) >= 11 is 0. The van der Waals surface area contributed by atoms with Crippen LogP contribution in [0.25, 0.3) is 0 Å². The minimum Gasteiger partial charge on any atom is -0.308 e. The lowest BCUT2D eigenvalue weighted by Gasteiger charge is -2.26. The summed E-state index contributed by atoms with van der Waals surface area (Å²) in [6.07, 6.45) is 1.82. The average Bonchev–Trinajstić information content (AvgIpc) is 2.91. The fourth-order valence-electron chi connectivity index (χ4n) is 3.26. The van der Waals surface area contributed by atoms with Crippen LogP contribution in [0.3, 0.4) is 0 Å². The molecule has 0 radical (unpaired) electrons. The van der Waals surface area contributed by atoms with Gasteiger partial charge in [-0.2, -0.15) is 4.31 Å². The quantitative estimate of drug-likeness (QED) is 0.806. The fraction of sp³-hybridized carbons (Fsp3) is 0.316. The SMILES string of the molecule is CC1Cc2ccccc2N1C(=O)CN(Cc1ccc(F)cc1)S(C)(=O)=O. The van der Waals surface area contributed by atoms with Crippen LogP contribution in [0.1, 0.15) is 18.1 Å². The van der Waals surface area contributed by atoms with E-state index in [0.717, 1.165) is 28.2 Å². The standard InChI is InChI=1S/C19H21FN2O3S/c1-14-11-16-5-3-4-6-18(16)22(14)19(23)13-21(26(2,24)25)12-15-7-9-17(20)10-8-15/h3-10,14H,11-13H2,1-2H3. The number of anilines is 1. The molecule has 2 aromatic rings. The molecule has 0 bridgehead atoms. The van der Waals surface area contributed by atoms with Crippen molar-refractivity contribution in [3.63, 3.8) is 0 Å². The van der Waals surface area contributed by atoms with E-state index in [-0.39, 0.29) is 25.0 Å². The van der Waals surface area contributed by atoms with Crippen molar-refractivity contribution >= 4 is 21.6 Å². The maximum atomic E-state index is 13.1. The van der Waals surface area contributed by atoms with Crippen molar-refractivity contribution in [2.75, 3.05) is 17.7 Å².